The zero-order valence-electron chi connectivity index (χ0n) is 14.5. The fraction of sp³-hybridized carbons (Fsp3) is 0.111. The largest absolute Gasteiger partial charge is 0.325 e. The van der Waals surface area contributed by atoms with E-state index in [0.717, 1.165) is 0 Å². The highest BCUT2D eigenvalue weighted by Gasteiger charge is 2.24. The molecule has 3 aromatic rings. The van der Waals surface area contributed by atoms with Gasteiger partial charge in [0.2, 0.25) is 0 Å². The molecule has 0 spiro atoms. The Hall–Kier alpha value is -5.16. The third-order valence-corrected chi connectivity index (χ3v) is 4.26. The number of rotatable bonds is 0. The summed E-state index contributed by atoms with van der Waals surface area (Å²) in [6.45, 7) is 0. The standard InChI is InChI=1S/C18H6N10/c1-27-15-11(7-23)14-16(28(2)18(26-14)10(5-21)6-22)12(8-24)13(15)25-17(27)9(3-19)4-20/h1-2H3. The third-order valence-electron chi connectivity index (χ3n) is 4.26. The summed E-state index contributed by atoms with van der Waals surface area (Å²) >= 11 is 0. The summed E-state index contributed by atoms with van der Waals surface area (Å²) < 4.78 is 2.76. The number of hydrogen-bond acceptors (Lipinski definition) is 8. The lowest BCUT2D eigenvalue weighted by atomic mass is 10.1. The van der Waals surface area contributed by atoms with E-state index in [9.17, 15) is 10.5 Å². The zero-order valence-corrected chi connectivity index (χ0v) is 14.5. The predicted molar refractivity (Wildman–Crippen MR) is 92.9 cm³/mol. The van der Waals surface area contributed by atoms with Gasteiger partial charge in [0, 0.05) is 14.1 Å². The van der Waals surface area contributed by atoms with Crippen LogP contribution in [0.15, 0.2) is 0 Å². The molecule has 10 heteroatoms. The molecule has 0 fully saturated rings. The Morgan fingerprint density at radius 1 is 0.643 bits per heavy atom. The first-order valence-electron chi connectivity index (χ1n) is 7.52. The van der Waals surface area contributed by atoms with Crippen molar-refractivity contribution in [2.24, 2.45) is 14.1 Å². The van der Waals surface area contributed by atoms with Crippen LogP contribution in [0.1, 0.15) is 11.1 Å². The summed E-state index contributed by atoms with van der Waals surface area (Å²) in [6, 6.07) is 11.0. The quantitative estimate of drug-likeness (QED) is 0.518. The fourth-order valence-corrected chi connectivity index (χ4v) is 3.05. The van der Waals surface area contributed by atoms with Gasteiger partial charge in [0.25, 0.3) is 0 Å². The molecule has 2 aromatic heterocycles. The SMILES string of the molecule is Cn1c(=C(C#N)C#N)nc2c(C#N)c3c(nc(=C(C#N)C#N)n3C)c(C#N)c21. The molecule has 0 atom stereocenters. The van der Waals surface area contributed by atoms with E-state index < -0.39 is 0 Å². The molecule has 0 saturated carbocycles. The van der Waals surface area contributed by atoms with Crippen molar-refractivity contribution >= 4 is 33.2 Å². The van der Waals surface area contributed by atoms with Gasteiger partial charge in [0.15, 0.2) is 22.1 Å². The van der Waals surface area contributed by atoms with Gasteiger partial charge in [-0.3, -0.25) is 0 Å². The Labute approximate surface area is 157 Å². The van der Waals surface area contributed by atoms with Crippen LogP contribution in [0.5, 0.6) is 0 Å². The number of hydrogen-bond donors (Lipinski definition) is 0. The normalized spacial score (nSPS) is 9.57. The molecule has 28 heavy (non-hydrogen) atoms. The number of nitriles is 6. The first-order chi connectivity index (χ1) is 13.5. The summed E-state index contributed by atoms with van der Waals surface area (Å²) in [5, 5.41) is 56.1. The van der Waals surface area contributed by atoms with E-state index in [0.29, 0.717) is 0 Å². The molecule has 0 saturated heterocycles. The average Bonchev–Trinajstić information content (AvgIpc) is 3.21. The molecule has 10 nitrogen and oxygen atoms in total. The minimum Gasteiger partial charge on any atom is -0.325 e. The lowest BCUT2D eigenvalue weighted by Crippen LogP contribution is -2.18. The van der Waals surface area contributed by atoms with Crippen LogP contribution < -0.4 is 11.0 Å². The van der Waals surface area contributed by atoms with Gasteiger partial charge < -0.3 is 9.13 Å². The van der Waals surface area contributed by atoms with Gasteiger partial charge in [-0.1, -0.05) is 0 Å². The van der Waals surface area contributed by atoms with Crippen LogP contribution in [0.25, 0.3) is 33.2 Å². The van der Waals surface area contributed by atoms with Crippen molar-refractivity contribution in [2.45, 2.75) is 0 Å². The van der Waals surface area contributed by atoms with Gasteiger partial charge in [-0.25, -0.2) is 9.97 Å². The monoisotopic (exact) mass is 362 g/mol. The number of benzene rings is 1. The van der Waals surface area contributed by atoms with E-state index in [1.165, 1.54) is 23.2 Å². The highest BCUT2D eigenvalue weighted by molar-refractivity contribution is 6.04. The van der Waals surface area contributed by atoms with Gasteiger partial charge in [0.05, 0.1) is 11.0 Å². The fourth-order valence-electron chi connectivity index (χ4n) is 3.05. The van der Waals surface area contributed by atoms with Crippen molar-refractivity contribution in [3.05, 3.63) is 22.1 Å². The van der Waals surface area contributed by atoms with Crippen molar-refractivity contribution in [3.63, 3.8) is 0 Å². The van der Waals surface area contributed by atoms with Gasteiger partial charge in [-0.2, -0.15) is 31.6 Å². The molecule has 0 bridgehead atoms. The Balaban J connectivity index is 2.82. The molecule has 0 radical (unpaired) electrons. The number of aromatic nitrogens is 4. The van der Waals surface area contributed by atoms with E-state index in [2.05, 4.69) is 9.97 Å². The van der Waals surface area contributed by atoms with E-state index >= 15 is 0 Å². The van der Waals surface area contributed by atoms with Crippen LogP contribution in [0.3, 0.4) is 0 Å². The molecule has 3 rings (SSSR count). The topological polar surface area (TPSA) is 178 Å². The van der Waals surface area contributed by atoms with Crippen LogP contribution in [0, 0.1) is 68.0 Å². The molecule has 0 amide bonds. The zero-order chi connectivity index (χ0) is 20.6. The maximum atomic E-state index is 9.74. The van der Waals surface area contributed by atoms with Crippen molar-refractivity contribution < 1.29 is 0 Å². The lowest BCUT2D eigenvalue weighted by molar-refractivity contribution is 0.894. The van der Waals surface area contributed by atoms with Crippen LogP contribution in [0.2, 0.25) is 0 Å². The molecular weight excluding hydrogens is 356 g/mol. The van der Waals surface area contributed by atoms with Crippen molar-refractivity contribution in [3.8, 4) is 36.4 Å². The summed E-state index contributed by atoms with van der Waals surface area (Å²) in [5.41, 5.74) is 0.302. The van der Waals surface area contributed by atoms with Crippen LogP contribution in [-0.4, -0.2) is 19.1 Å². The maximum absolute atomic E-state index is 9.74. The Morgan fingerprint density at radius 2 is 0.964 bits per heavy atom. The number of aryl methyl sites for hydroxylation is 2. The Kier molecular flexibility index (Phi) is 3.96. The molecule has 0 unspecified atom stereocenters. The Morgan fingerprint density at radius 3 is 1.21 bits per heavy atom. The van der Waals surface area contributed by atoms with Gasteiger partial charge in [0.1, 0.15) is 58.6 Å². The molecule has 128 valence electrons. The molecule has 2 heterocycles. The molecule has 0 aliphatic carbocycles. The first kappa shape index (κ1) is 17.7. The predicted octanol–water partition coefficient (Wildman–Crippen LogP) is -0.401. The lowest BCUT2D eigenvalue weighted by Gasteiger charge is -2.03. The van der Waals surface area contributed by atoms with E-state index in [1.54, 1.807) is 24.3 Å². The van der Waals surface area contributed by atoms with Crippen LogP contribution >= 0.6 is 0 Å². The summed E-state index contributed by atoms with van der Waals surface area (Å²) in [4.78, 5) is 8.50. The highest BCUT2D eigenvalue weighted by Crippen LogP contribution is 2.28. The van der Waals surface area contributed by atoms with E-state index in [1.807, 2.05) is 12.1 Å². The number of fused-ring (bicyclic) bond motifs is 2. The Bertz CT molecular complexity index is 1430. The van der Waals surface area contributed by atoms with Crippen molar-refractivity contribution in [2.75, 3.05) is 0 Å². The molecule has 0 aliphatic rings. The maximum Gasteiger partial charge on any atom is 0.172 e. The minimum absolute atomic E-state index is 0.0184. The molecule has 0 N–H and O–H groups in total. The van der Waals surface area contributed by atoms with E-state index in [-0.39, 0.29) is 55.3 Å². The number of nitrogens with zero attached hydrogens (tertiary/aromatic N) is 10. The van der Waals surface area contributed by atoms with Gasteiger partial charge >= 0.3 is 0 Å². The van der Waals surface area contributed by atoms with Crippen LogP contribution in [0.4, 0.5) is 0 Å². The summed E-state index contributed by atoms with van der Waals surface area (Å²) in [7, 11) is 3.03. The summed E-state index contributed by atoms with van der Waals surface area (Å²) in [5.74, 6) is 0. The second kappa shape index (κ2) is 6.29. The smallest absolute Gasteiger partial charge is 0.172 e. The van der Waals surface area contributed by atoms with E-state index in [4.69, 9.17) is 21.0 Å². The van der Waals surface area contributed by atoms with Crippen LogP contribution in [-0.2, 0) is 14.1 Å². The van der Waals surface area contributed by atoms with Crippen molar-refractivity contribution in [1.29, 1.82) is 31.6 Å². The first-order valence-corrected chi connectivity index (χ1v) is 7.52. The summed E-state index contributed by atoms with van der Waals surface area (Å²) in [6.07, 6.45) is 0. The van der Waals surface area contributed by atoms with Gasteiger partial charge in [-0.05, 0) is 0 Å². The molecular formula is C18H6N10. The molecule has 0 aliphatic heterocycles. The van der Waals surface area contributed by atoms with Gasteiger partial charge in [-0.15, -0.1) is 0 Å². The van der Waals surface area contributed by atoms with Crippen molar-refractivity contribution in [1.82, 2.24) is 19.1 Å². The second-order valence-corrected chi connectivity index (χ2v) is 5.55. The minimum atomic E-state index is -0.270. The average molecular weight is 362 g/mol. The number of imidazole rings is 2. The second-order valence-electron chi connectivity index (χ2n) is 5.55. The highest BCUT2D eigenvalue weighted by atomic mass is 15.1. The third kappa shape index (κ3) is 2.08. The molecule has 1 aromatic carbocycles.